The lowest BCUT2D eigenvalue weighted by Crippen LogP contribution is -2.09. The van der Waals surface area contributed by atoms with Crippen LogP contribution in [0, 0.1) is 0 Å². The first-order chi connectivity index (χ1) is 11.4. The van der Waals surface area contributed by atoms with E-state index in [1.165, 1.54) is 17.6 Å². The number of anilines is 2. The predicted octanol–water partition coefficient (Wildman–Crippen LogP) is 1.86. The zero-order valence-electron chi connectivity index (χ0n) is 13.2. The lowest BCUT2D eigenvalue weighted by atomic mass is 10.2. The molecule has 0 bridgehead atoms. The van der Waals surface area contributed by atoms with E-state index in [1.807, 2.05) is 12.1 Å². The highest BCUT2D eigenvalue weighted by Crippen LogP contribution is 2.36. The van der Waals surface area contributed by atoms with E-state index >= 15 is 0 Å². The molecule has 4 rings (SSSR count). The van der Waals surface area contributed by atoms with Crippen molar-refractivity contribution in [1.82, 2.24) is 14.5 Å². The third kappa shape index (κ3) is 2.39. The van der Waals surface area contributed by atoms with Crippen molar-refractivity contribution in [1.29, 1.82) is 0 Å². The van der Waals surface area contributed by atoms with Crippen LogP contribution in [0.4, 0.5) is 11.5 Å². The maximum Gasteiger partial charge on any atom is 0.229 e. The Kier molecular flexibility index (Phi) is 3.24. The summed E-state index contributed by atoms with van der Waals surface area (Å²) in [6.07, 6.45) is 5.68. The lowest BCUT2D eigenvalue weighted by Gasteiger charge is -2.11. The molecule has 2 aromatic heterocycles. The highest BCUT2D eigenvalue weighted by molar-refractivity contribution is 7.92. The van der Waals surface area contributed by atoms with Gasteiger partial charge in [0.15, 0.2) is 5.82 Å². The summed E-state index contributed by atoms with van der Waals surface area (Å²) >= 11 is 0. The Morgan fingerprint density at radius 1 is 1.17 bits per heavy atom. The largest absolute Gasteiger partial charge is 0.382 e. The zero-order chi connectivity index (χ0) is 16.9. The van der Waals surface area contributed by atoms with Crippen molar-refractivity contribution >= 4 is 32.6 Å². The minimum absolute atomic E-state index is 0.452. The van der Waals surface area contributed by atoms with Crippen molar-refractivity contribution < 1.29 is 8.42 Å². The number of aryl methyl sites for hydroxylation is 1. The number of hydrogen-bond acceptors (Lipinski definition) is 5. The molecule has 0 amide bonds. The number of aromatic nitrogens is 3. The van der Waals surface area contributed by atoms with Gasteiger partial charge in [0, 0.05) is 17.1 Å². The molecule has 0 aliphatic heterocycles. The molecule has 0 spiro atoms. The van der Waals surface area contributed by atoms with Crippen molar-refractivity contribution in [3.05, 3.63) is 41.9 Å². The van der Waals surface area contributed by atoms with E-state index in [-0.39, 0.29) is 0 Å². The molecule has 8 heteroatoms. The van der Waals surface area contributed by atoms with Gasteiger partial charge in [0.1, 0.15) is 11.8 Å². The summed E-state index contributed by atoms with van der Waals surface area (Å²) in [7, 11) is -3.29. The Morgan fingerprint density at radius 3 is 2.62 bits per heavy atom. The Labute approximate surface area is 139 Å². The highest BCUT2D eigenvalue weighted by Gasteiger charge is 2.24. The molecule has 0 saturated heterocycles. The molecule has 7 nitrogen and oxygen atoms in total. The Balaban J connectivity index is 1.88. The molecule has 0 unspecified atom stereocenters. The molecule has 24 heavy (non-hydrogen) atoms. The van der Waals surface area contributed by atoms with Gasteiger partial charge in [-0.2, -0.15) is 0 Å². The standard InChI is InChI=1S/C16H17N5O2S/c1-24(22,23)20-10-5-7-11(8-6-10)21-13-4-2-3-12(13)14-15(21)16(17)19-9-18-14/h5-9,20H,2-4H2,1H3,(H2,17,18,19). The fourth-order valence-electron chi connectivity index (χ4n) is 3.38. The summed E-state index contributed by atoms with van der Waals surface area (Å²) in [5.41, 5.74) is 11.7. The van der Waals surface area contributed by atoms with Gasteiger partial charge in [-0.15, -0.1) is 0 Å². The van der Waals surface area contributed by atoms with Crippen LogP contribution in [-0.2, 0) is 22.9 Å². The number of hydrogen-bond donors (Lipinski definition) is 2. The van der Waals surface area contributed by atoms with Crippen LogP contribution in [0.3, 0.4) is 0 Å². The van der Waals surface area contributed by atoms with Crippen LogP contribution < -0.4 is 10.5 Å². The molecular weight excluding hydrogens is 326 g/mol. The number of benzene rings is 1. The molecule has 0 saturated carbocycles. The normalized spacial score (nSPS) is 14.0. The minimum atomic E-state index is -3.29. The monoisotopic (exact) mass is 343 g/mol. The van der Waals surface area contributed by atoms with Crippen LogP contribution in [0.15, 0.2) is 30.6 Å². The molecule has 124 valence electrons. The smallest absolute Gasteiger partial charge is 0.229 e. The van der Waals surface area contributed by atoms with E-state index in [9.17, 15) is 8.42 Å². The second-order valence-corrected chi connectivity index (χ2v) is 7.74. The molecule has 1 aromatic carbocycles. The average molecular weight is 343 g/mol. The number of nitrogens with one attached hydrogen (secondary N) is 1. The number of nitrogens with two attached hydrogens (primary N) is 1. The van der Waals surface area contributed by atoms with Crippen molar-refractivity contribution in [2.75, 3.05) is 16.7 Å². The van der Waals surface area contributed by atoms with Crippen LogP contribution in [-0.4, -0.2) is 29.2 Å². The predicted molar refractivity (Wildman–Crippen MR) is 93.8 cm³/mol. The number of rotatable bonds is 3. The topological polar surface area (TPSA) is 103 Å². The quantitative estimate of drug-likeness (QED) is 0.755. The van der Waals surface area contributed by atoms with Crippen LogP contribution >= 0.6 is 0 Å². The maximum atomic E-state index is 11.3. The summed E-state index contributed by atoms with van der Waals surface area (Å²) in [5.74, 6) is 0.452. The van der Waals surface area contributed by atoms with E-state index in [0.717, 1.165) is 42.2 Å². The average Bonchev–Trinajstić information content (AvgIpc) is 3.08. The summed E-state index contributed by atoms with van der Waals surface area (Å²) in [6, 6.07) is 7.23. The minimum Gasteiger partial charge on any atom is -0.382 e. The van der Waals surface area contributed by atoms with Gasteiger partial charge in [0.25, 0.3) is 0 Å². The van der Waals surface area contributed by atoms with Gasteiger partial charge >= 0.3 is 0 Å². The summed E-state index contributed by atoms with van der Waals surface area (Å²) in [5, 5.41) is 0. The van der Waals surface area contributed by atoms with Gasteiger partial charge in [-0.05, 0) is 49.1 Å². The molecule has 2 heterocycles. The molecule has 3 N–H and O–H groups in total. The van der Waals surface area contributed by atoms with Crippen LogP contribution in [0.25, 0.3) is 16.7 Å². The fraction of sp³-hybridized carbons (Fsp3) is 0.250. The Bertz CT molecular complexity index is 1040. The van der Waals surface area contributed by atoms with Gasteiger partial charge in [0.2, 0.25) is 10.0 Å². The number of nitrogen functional groups attached to an aromatic ring is 1. The van der Waals surface area contributed by atoms with E-state index in [2.05, 4.69) is 19.3 Å². The number of nitrogens with zero attached hydrogens (tertiary/aromatic N) is 3. The van der Waals surface area contributed by atoms with Gasteiger partial charge in [-0.25, -0.2) is 18.4 Å². The Morgan fingerprint density at radius 2 is 1.92 bits per heavy atom. The van der Waals surface area contributed by atoms with Gasteiger partial charge in [-0.3, -0.25) is 4.72 Å². The van der Waals surface area contributed by atoms with Crippen molar-refractivity contribution in [3.63, 3.8) is 0 Å². The van der Waals surface area contributed by atoms with Gasteiger partial charge in [0.05, 0.1) is 11.8 Å². The maximum absolute atomic E-state index is 11.3. The summed E-state index contributed by atoms with van der Waals surface area (Å²) in [4.78, 5) is 8.55. The van der Waals surface area contributed by atoms with Crippen molar-refractivity contribution in [3.8, 4) is 5.69 Å². The Hall–Kier alpha value is -2.61. The fourth-order valence-corrected chi connectivity index (χ4v) is 3.94. The molecular formula is C16H17N5O2S. The van der Waals surface area contributed by atoms with Crippen LogP contribution in [0.1, 0.15) is 17.7 Å². The molecule has 3 aromatic rings. The van der Waals surface area contributed by atoms with Crippen LogP contribution in [0.2, 0.25) is 0 Å². The van der Waals surface area contributed by atoms with Gasteiger partial charge < -0.3 is 10.3 Å². The van der Waals surface area contributed by atoms with E-state index in [1.54, 1.807) is 12.1 Å². The van der Waals surface area contributed by atoms with E-state index in [0.29, 0.717) is 11.5 Å². The molecule has 0 radical (unpaired) electrons. The van der Waals surface area contributed by atoms with Crippen molar-refractivity contribution in [2.45, 2.75) is 19.3 Å². The molecule has 0 fully saturated rings. The lowest BCUT2D eigenvalue weighted by molar-refractivity contribution is 0.607. The van der Waals surface area contributed by atoms with Gasteiger partial charge in [-0.1, -0.05) is 0 Å². The zero-order valence-corrected chi connectivity index (χ0v) is 14.0. The second kappa shape index (κ2) is 5.20. The first-order valence-electron chi connectivity index (χ1n) is 7.65. The SMILES string of the molecule is CS(=O)(=O)Nc1ccc(-n2c3c(c4ncnc(N)c42)CCC3)cc1. The summed E-state index contributed by atoms with van der Waals surface area (Å²) in [6.45, 7) is 0. The molecule has 1 aliphatic carbocycles. The van der Waals surface area contributed by atoms with E-state index in [4.69, 9.17) is 5.73 Å². The number of fused-ring (bicyclic) bond motifs is 3. The molecule has 0 atom stereocenters. The number of sulfonamides is 1. The highest BCUT2D eigenvalue weighted by atomic mass is 32.2. The third-order valence-corrected chi connectivity index (χ3v) is 4.85. The second-order valence-electron chi connectivity index (χ2n) is 5.99. The first kappa shape index (κ1) is 14.9. The van der Waals surface area contributed by atoms with Crippen molar-refractivity contribution in [2.24, 2.45) is 0 Å². The summed E-state index contributed by atoms with van der Waals surface area (Å²) < 4.78 is 27.2. The third-order valence-electron chi connectivity index (χ3n) is 4.25. The van der Waals surface area contributed by atoms with E-state index < -0.39 is 10.0 Å². The van der Waals surface area contributed by atoms with Crippen LogP contribution in [0.5, 0.6) is 0 Å². The first-order valence-corrected chi connectivity index (χ1v) is 9.54. The molecule has 1 aliphatic rings.